The van der Waals surface area contributed by atoms with Crippen molar-refractivity contribution in [1.82, 2.24) is 10.2 Å². The van der Waals surface area contributed by atoms with Crippen LogP contribution in [0.4, 0.5) is 4.39 Å². The Morgan fingerprint density at radius 1 is 1.17 bits per heavy atom. The van der Waals surface area contributed by atoms with Gasteiger partial charge in [0.2, 0.25) is 11.8 Å². The van der Waals surface area contributed by atoms with Crippen molar-refractivity contribution in [3.63, 3.8) is 0 Å². The Kier molecular flexibility index (Phi) is 6.84. The summed E-state index contributed by atoms with van der Waals surface area (Å²) in [5, 5.41) is 2.91. The normalized spacial score (nSPS) is 28.9. The lowest BCUT2D eigenvalue weighted by Gasteiger charge is -2.36. The lowest BCUT2D eigenvalue weighted by atomic mass is 9.83. The molecule has 4 unspecified atom stereocenters. The minimum atomic E-state index is -0.252. The van der Waals surface area contributed by atoms with Crippen LogP contribution in [-0.4, -0.2) is 35.8 Å². The van der Waals surface area contributed by atoms with Gasteiger partial charge in [-0.3, -0.25) is 9.59 Å². The van der Waals surface area contributed by atoms with Crippen LogP contribution < -0.4 is 11.1 Å². The van der Waals surface area contributed by atoms with E-state index in [1.165, 1.54) is 12.5 Å². The Bertz CT molecular complexity index is 764. The van der Waals surface area contributed by atoms with Crippen molar-refractivity contribution >= 4 is 24.2 Å². The molecule has 2 amide bonds. The molecule has 1 saturated heterocycles. The number of benzene rings is 1. The molecule has 4 atom stereocenters. The van der Waals surface area contributed by atoms with Crippen LogP contribution in [0.5, 0.6) is 0 Å². The first-order valence-electron chi connectivity index (χ1n) is 10.5. The van der Waals surface area contributed by atoms with E-state index in [9.17, 15) is 14.0 Å². The Morgan fingerprint density at radius 3 is 2.48 bits per heavy atom. The number of hydrogen-bond acceptors (Lipinski definition) is 3. The summed E-state index contributed by atoms with van der Waals surface area (Å²) in [6.45, 7) is 3.29. The Morgan fingerprint density at radius 2 is 1.86 bits per heavy atom. The fourth-order valence-corrected chi connectivity index (χ4v) is 5.35. The Hall–Kier alpha value is -1.66. The fourth-order valence-electron chi connectivity index (χ4n) is 5.35. The molecule has 3 fully saturated rings. The van der Waals surface area contributed by atoms with Crippen LogP contribution in [0, 0.1) is 36.4 Å². The fraction of sp³-hybridized carbons (Fsp3) is 0.636. The molecule has 2 bridgehead atoms. The number of nitrogens with two attached hydrogens (primary N) is 1. The zero-order chi connectivity index (χ0) is 19.8. The van der Waals surface area contributed by atoms with Crippen LogP contribution in [0.2, 0.25) is 0 Å². The number of fused-ring (bicyclic) bond motifs is 2. The summed E-state index contributed by atoms with van der Waals surface area (Å²) in [5.41, 5.74) is 7.68. The summed E-state index contributed by atoms with van der Waals surface area (Å²) in [6, 6.07) is 5.04. The smallest absolute Gasteiger partial charge is 0.227 e. The van der Waals surface area contributed by atoms with E-state index in [-0.39, 0.29) is 47.9 Å². The minimum absolute atomic E-state index is 0. The highest BCUT2D eigenvalue weighted by Gasteiger charge is 2.50. The number of likely N-dealkylation sites (tertiary alicyclic amines) is 1. The van der Waals surface area contributed by atoms with Gasteiger partial charge in [-0.25, -0.2) is 4.39 Å². The van der Waals surface area contributed by atoms with Crippen LogP contribution >= 0.6 is 12.4 Å². The number of amides is 2. The first-order valence-corrected chi connectivity index (χ1v) is 10.5. The van der Waals surface area contributed by atoms with Gasteiger partial charge in [0.1, 0.15) is 5.82 Å². The summed E-state index contributed by atoms with van der Waals surface area (Å²) < 4.78 is 13.6. The van der Waals surface area contributed by atoms with Gasteiger partial charge in [-0.1, -0.05) is 12.1 Å². The molecule has 1 aromatic rings. The second kappa shape index (κ2) is 9.00. The quantitative estimate of drug-likeness (QED) is 0.781. The van der Waals surface area contributed by atoms with Gasteiger partial charge in [0.15, 0.2) is 0 Å². The van der Waals surface area contributed by atoms with Gasteiger partial charge in [0.05, 0.1) is 5.92 Å². The average Bonchev–Trinajstić information content (AvgIpc) is 3.29. The number of carbonyl (C=O) groups excluding carboxylic acids is 2. The third kappa shape index (κ3) is 4.43. The van der Waals surface area contributed by atoms with E-state index in [4.69, 9.17) is 5.73 Å². The van der Waals surface area contributed by atoms with Crippen molar-refractivity contribution in [3.05, 3.63) is 35.1 Å². The van der Waals surface area contributed by atoms with Gasteiger partial charge in [-0.15, -0.1) is 12.4 Å². The maximum atomic E-state index is 13.6. The molecule has 3 N–H and O–H groups in total. The third-order valence-electron chi connectivity index (χ3n) is 7.15. The van der Waals surface area contributed by atoms with Crippen LogP contribution in [0.3, 0.4) is 0 Å². The molecule has 1 heterocycles. The molecule has 0 radical (unpaired) electrons. The number of nitrogens with one attached hydrogen (secondary N) is 1. The summed E-state index contributed by atoms with van der Waals surface area (Å²) in [4.78, 5) is 27.4. The summed E-state index contributed by atoms with van der Waals surface area (Å²) in [5.74, 6) is 0.821. The van der Waals surface area contributed by atoms with E-state index in [0.29, 0.717) is 49.9 Å². The predicted molar refractivity (Wildman–Crippen MR) is 112 cm³/mol. The zero-order valence-corrected chi connectivity index (χ0v) is 17.7. The summed E-state index contributed by atoms with van der Waals surface area (Å²) >= 11 is 0. The largest absolute Gasteiger partial charge is 0.352 e. The van der Waals surface area contributed by atoms with Crippen molar-refractivity contribution in [2.75, 3.05) is 13.1 Å². The van der Waals surface area contributed by atoms with Crippen LogP contribution in [0.1, 0.15) is 43.2 Å². The van der Waals surface area contributed by atoms with Crippen LogP contribution in [0.15, 0.2) is 18.2 Å². The molecule has 3 aliphatic rings. The summed E-state index contributed by atoms with van der Waals surface area (Å²) in [6.07, 6.45) is 4.76. The maximum absolute atomic E-state index is 13.6. The number of nitrogens with zero attached hydrogens (tertiary/aromatic N) is 1. The highest BCUT2D eigenvalue weighted by atomic mass is 35.5. The van der Waals surface area contributed by atoms with Crippen molar-refractivity contribution in [2.24, 2.45) is 29.4 Å². The summed E-state index contributed by atoms with van der Waals surface area (Å²) in [7, 11) is 0. The first-order chi connectivity index (χ1) is 13.4. The molecule has 160 valence electrons. The van der Waals surface area contributed by atoms with Crippen molar-refractivity contribution in [1.29, 1.82) is 0 Å². The molecule has 5 nitrogen and oxygen atoms in total. The number of piperidine rings is 1. The third-order valence-corrected chi connectivity index (χ3v) is 7.15. The second-order valence-electron chi connectivity index (χ2n) is 8.84. The lowest BCUT2D eigenvalue weighted by molar-refractivity contribution is -0.141. The topological polar surface area (TPSA) is 75.4 Å². The number of halogens is 2. The standard InChI is InChI=1S/C22H30FN3O2.ClH/c1-13-2-3-14(10-18(13)23)12-25-21(27)15-6-8-26(9-7-15)22(28)19-16-4-5-17(11-16)20(19)24;/h2-3,10,15-17,19-20H,4-9,11-12,24H2,1H3,(H,25,27);1H. The monoisotopic (exact) mass is 423 g/mol. The first kappa shape index (κ1) is 22.0. The molecule has 29 heavy (non-hydrogen) atoms. The molecular weight excluding hydrogens is 393 g/mol. The minimum Gasteiger partial charge on any atom is -0.352 e. The van der Waals surface area contributed by atoms with E-state index >= 15 is 0 Å². The lowest BCUT2D eigenvalue weighted by Crippen LogP contribution is -2.50. The number of hydrogen-bond donors (Lipinski definition) is 2. The van der Waals surface area contributed by atoms with Gasteiger partial charge in [-0.2, -0.15) is 0 Å². The Balaban J connectivity index is 0.00000240. The van der Waals surface area contributed by atoms with Crippen molar-refractivity contribution in [3.8, 4) is 0 Å². The average molecular weight is 424 g/mol. The molecule has 7 heteroatoms. The van der Waals surface area contributed by atoms with Crippen LogP contribution in [-0.2, 0) is 16.1 Å². The molecular formula is C22H31ClFN3O2. The van der Waals surface area contributed by atoms with E-state index in [1.807, 2.05) is 11.0 Å². The van der Waals surface area contributed by atoms with Gasteiger partial charge in [0, 0.05) is 31.6 Å². The van der Waals surface area contributed by atoms with Crippen molar-refractivity contribution < 1.29 is 14.0 Å². The predicted octanol–water partition coefficient (Wildman–Crippen LogP) is 2.78. The van der Waals surface area contributed by atoms with Gasteiger partial charge in [0.25, 0.3) is 0 Å². The van der Waals surface area contributed by atoms with E-state index < -0.39 is 0 Å². The second-order valence-corrected chi connectivity index (χ2v) is 8.84. The molecule has 4 rings (SSSR count). The number of aryl methyl sites for hydroxylation is 1. The molecule has 1 aliphatic heterocycles. The van der Waals surface area contributed by atoms with Gasteiger partial charge < -0.3 is 16.0 Å². The van der Waals surface area contributed by atoms with E-state index in [0.717, 1.165) is 18.4 Å². The molecule has 2 aliphatic carbocycles. The van der Waals surface area contributed by atoms with Crippen LogP contribution in [0.25, 0.3) is 0 Å². The molecule has 0 spiro atoms. The highest BCUT2D eigenvalue weighted by molar-refractivity contribution is 5.85. The SMILES string of the molecule is Cc1ccc(CNC(=O)C2CCN(C(=O)C3C4CCC(C4)C3N)CC2)cc1F.Cl. The van der Waals surface area contributed by atoms with E-state index in [1.54, 1.807) is 13.0 Å². The van der Waals surface area contributed by atoms with E-state index in [2.05, 4.69) is 5.32 Å². The molecule has 0 aromatic heterocycles. The Labute approximate surface area is 178 Å². The van der Waals surface area contributed by atoms with Crippen molar-refractivity contribution in [2.45, 2.75) is 51.6 Å². The number of carbonyl (C=O) groups is 2. The van der Waals surface area contributed by atoms with Gasteiger partial charge >= 0.3 is 0 Å². The maximum Gasteiger partial charge on any atom is 0.227 e. The number of rotatable bonds is 4. The molecule has 1 aromatic carbocycles. The van der Waals surface area contributed by atoms with Gasteiger partial charge in [-0.05, 0) is 68.1 Å². The highest BCUT2D eigenvalue weighted by Crippen LogP contribution is 2.48. The molecule has 2 saturated carbocycles. The zero-order valence-electron chi connectivity index (χ0n) is 16.9.